The molecular formula is C26H31N3O5. The van der Waals surface area contributed by atoms with E-state index < -0.39 is 30.1 Å². The van der Waals surface area contributed by atoms with Crippen molar-refractivity contribution in [3.05, 3.63) is 59.7 Å². The standard InChI is InChI=1S/C26H31N3O5/c1-16-17(25(31)32)12-13-29(16)24(30)23(14-28(2)3)27-26(33)34-15-22-20-10-6-4-8-18(20)19-9-5-7-11-21(19)22/h4-11,16-17,22-23H,12-15H2,1-3H3,(H,27,33)(H,31,32). The lowest BCUT2D eigenvalue weighted by Gasteiger charge is -2.29. The number of carbonyl (C=O) groups is 3. The fourth-order valence-electron chi connectivity index (χ4n) is 5.11. The Balaban J connectivity index is 1.43. The van der Waals surface area contributed by atoms with Gasteiger partial charge in [0.05, 0.1) is 5.92 Å². The minimum absolute atomic E-state index is 0.0731. The van der Waals surface area contributed by atoms with Crippen LogP contribution in [-0.4, -0.2) is 78.8 Å². The van der Waals surface area contributed by atoms with Crippen molar-refractivity contribution >= 4 is 18.0 Å². The monoisotopic (exact) mass is 465 g/mol. The minimum Gasteiger partial charge on any atom is -0.481 e. The van der Waals surface area contributed by atoms with Crippen LogP contribution in [0.2, 0.25) is 0 Å². The number of nitrogens with zero attached hydrogens (tertiary/aromatic N) is 2. The molecule has 0 aromatic heterocycles. The van der Waals surface area contributed by atoms with Gasteiger partial charge in [-0.2, -0.15) is 0 Å². The fourth-order valence-corrected chi connectivity index (χ4v) is 5.11. The number of amides is 2. The third-order valence-electron chi connectivity index (χ3n) is 6.84. The van der Waals surface area contributed by atoms with Crippen LogP contribution in [0.25, 0.3) is 11.1 Å². The van der Waals surface area contributed by atoms with Crippen molar-refractivity contribution in [3.63, 3.8) is 0 Å². The number of benzene rings is 2. The number of likely N-dealkylation sites (tertiary alicyclic amines) is 1. The maximum Gasteiger partial charge on any atom is 0.407 e. The molecule has 1 saturated heterocycles. The molecule has 0 bridgehead atoms. The van der Waals surface area contributed by atoms with E-state index in [2.05, 4.69) is 17.4 Å². The molecule has 2 aromatic carbocycles. The van der Waals surface area contributed by atoms with Crippen LogP contribution >= 0.6 is 0 Å². The average Bonchev–Trinajstić information content (AvgIpc) is 3.34. The number of rotatable bonds is 7. The molecule has 0 spiro atoms. The van der Waals surface area contributed by atoms with Gasteiger partial charge in [0.15, 0.2) is 0 Å². The third kappa shape index (κ3) is 4.63. The first kappa shape index (κ1) is 23.8. The van der Waals surface area contributed by atoms with Crippen LogP contribution in [0.3, 0.4) is 0 Å². The molecule has 2 N–H and O–H groups in total. The first-order chi connectivity index (χ1) is 16.3. The summed E-state index contributed by atoms with van der Waals surface area (Å²) in [6, 6.07) is 14.9. The maximum absolute atomic E-state index is 13.2. The number of aliphatic carboxylic acids is 1. The van der Waals surface area contributed by atoms with Crippen LogP contribution in [0.1, 0.15) is 30.4 Å². The summed E-state index contributed by atoms with van der Waals surface area (Å²) in [6.45, 7) is 2.53. The molecule has 0 saturated carbocycles. The Morgan fingerprint density at radius 2 is 1.68 bits per heavy atom. The van der Waals surface area contributed by atoms with Crippen LogP contribution in [0.5, 0.6) is 0 Å². The van der Waals surface area contributed by atoms with Crippen LogP contribution in [0.15, 0.2) is 48.5 Å². The smallest absolute Gasteiger partial charge is 0.407 e. The molecule has 8 nitrogen and oxygen atoms in total. The molecule has 180 valence electrons. The largest absolute Gasteiger partial charge is 0.481 e. The molecule has 4 rings (SSSR count). The molecule has 1 aliphatic heterocycles. The first-order valence-corrected chi connectivity index (χ1v) is 11.6. The van der Waals surface area contributed by atoms with Gasteiger partial charge >= 0.3 is 12.1 Å². The van der Waals surface area contributed by atoms with E-state index in [1.807, 2.05) is 55.4 Å². The lowest BCUT2D eigenvalue weighted by molar-refractivity contribution is -0.143. The summed E-state index contributed by atoms with van der Waals surface area (Å²) in [7, 11) is 3.63. The van der Waals surface area contributed by atoms with Crippen molar-refractivity contribution in [1.29, 1.82) is 0 Å². The van der Waals surface area contributed by atoms with Gasteiger partial charge in [0, 0.05) is 25.0 Å². The first-order valence-electron chi connectivity index (χ1n) is 11.6. The van der Waals surface area contributed by atoms with E-state index in [-0.39, 0.29) is 25.0 Å². The number of ether oxygens (including phenoxy) is 1. The lowest BCUT2D eigenvalue weighted by Crippen LogP contribution is -2.54. The highest BCUT2D eigenvalue weighted by molar-refractivity contribution is 5.87. The van der Waals surface area contributed by atoms with E-state index in [0.717, 1.165) is 22.3 Å². The third-order valence-corrected chi connectivity index (χ3v) is 6.84. The van der Waals surface area contributed by atoms with Gasteiger partial charge < -0.3 is 25.0 Å². The van der Waals surface area contributed by atoms with Gasteiger partial charge in [-0.3, -0.25) is 9.59 Å². The summed E-state index contributed by atoms with van der Waals surface area (Å²) in [4.78, 5) is 40.8. The predicted octanol–water partition coefficient (Wildman–Crippen LogP) is 2.78. The quantitative estimate of drug-likeness (QED) is 0.653. The molecule has 0 radical (unpaired) electrons. The van der Waals surface area contributed by atoms with Crippen molar-refractivity contribution in [1.82, 2.24) is 15.1 Å². The Bertz CT molecular complexity index is 1040. The summed E-state index contributed by atoms with van der Waals surface area (Å²) >= 11 is 0. The van der Waals surface area contributed by atoms with Gasteiger partial charge in [-0.15, -0.1) is 0 Å². The summed E-state index contributed by atoms with van der Waals surface area (Å²) in [6.07, 6.45) is -0.259. The molecule has 2 aliphatic rings. The van der Waals surface area contributed by atoms with Gasteiger partial charge in [-0.1, -0.05) is 48.5 Å². The van der Waals surface area contributed by atoms with Crippen LogP contribution in [0.4, 0.5) is 4.79 Å². The number of carboxylic acids is 1. The Morgan fingerprint density at radius 1 is 1.09 bits per heavy atom. The van der Waals surface area contributed by atoms with Crippen molar-refractivity contribution < 1.29 is 24.2 Å². The second-order valence-corrected chi connectivity index (χ2v) is 9.29. The van der Waals surface area contributed by atoms with Crippen molar-refractivity contribution in [3.8, 4) is 11.1 Å². The molecule has 1 fully saturated rings. The van der Waals surface area contributed by atoms with Gasteiger partial charge in [-0.25, -0.2) is 4.79 Å². The van der Waals surface area contributed by atoms with Gasteiger partial charge in [0.25, 0.3) is 0 Å². The number of fused-ring (bicyclic) bond motifs is 3. The van der Waals surface area contributed by atoms with Crippen LogP contribution in [0, 0.1) is 5.92 Å². The average molecular weight is 466 g/mol. The molecule has 1 heterocycles. The van der Waals surface area contributed by atoms with E-state index >= 15 is 0 Å². The second-order valence-electron chi connectivity index (χ2n) is 9.29. The van der Waals surface area contributed by atoms with E-state index in [1.54, 1.807) is 11.8 Å². The number of alkyl carbamates (subject to hydrolysis) is 1. The van der Waals surface area contributed by atoms with Crippen molar-refractivity contribution in [2.45, 2.75) is 31.3 Å². The van der Waals surface area contributed by atoms with Crippen molar-refractivity contribution in [2.75, 3.05) is 33.8 Å². The van der Waals surface area contributed by atoms with Gasteiger partial charge in [0.1, 0.15) is 12.6 Å². The van der Waals surface area contributed by atoms with Gasteiger partial charge in [-0.05, 0) is 49.7 Å². The molecular weight excluding hydrogens is 434 g/mol. The van der Waals surface area contributed by atoms with E-state index in [1.165, 1.54) is 0 Å². The maximum atomic E-state index is 13.2. The number of hydrogen-bond acceptors (Lipinski definition) is 5. The molecule has 2 aromatic rings. The molecule has 3 unspecified atom stereocenters. The van der Waals surface area contributed by atoms with E-state index in [4.69, 9.17) is 4.74 Å². The van der Waals surface area contributed by atoms with Crippen LogP contribution < -0.4 is 5.32 Å². The van der Waals surface area contributed by atoms with Gasteiger partial charge in [0.2, 0.25) is 5.91 Å². The Labute approximate surface area is 199 Å². The number of carbonyl (C=O) groups excluding carboxylic acids is 2. The highest BCUT2D eigenvalue weighted by Gasteiger charge is 2.41. The van der Waals surface area contributed by atoms with E-state index in [0.29, 0.717) is 13.0 Å². The summed E-state index contributed by atoms with van der Waals surface area (Å²) in [5.41, 5.74) is 4.51. The Morgan fingerprint density at radius 3 is 2.21 bits per heavy atom. The zero-order valence-corrected chi connectivity index (χ0v) is 19.7. The predicted molar refractivity (Wildman–Crippen MR) is 127 cm³/mol. The molecule has 34 heavy (non-hydrogen) atoms. The lowest BCUT2D eigenvalue weighted by atomic mass is 9.98. The topological polar surface area (TPSA) is 99.2 Å². The zero-order chi connectivity index (χ0) is 24.4. The number of nitrogens with one attached hydrogen (secondary N) is 1. The summed E-state index contributed by atoms with van der Waals surface area (Å²) < 4.78 is 5.62. The number of likely N-dealkylation sites (N-methyl/N-ethyl adjacent to an activating group) is 1. The second kappa shape index (κ2) is 9.85. The molecule has 2 amide bonds. The Hall–Kier alpha value is -3.39. The molecule has 3 atom stereocenters. The zero-order valence-electron chi connectivity index (χ0n) is 19.7. The molecule has 1 aliphatic carbocycles. The number of carboxylic acid groups (broad SMARTS) is 1. The van der Waals surface area contributed by atoms with E-state index in [9.17, 15) is 19.5 Å². The SMILES string of the molecule is CC1C(C(=O)O)CCN1C(=O)C(CN(C)C)NC(=O)OCC1c2ccccc2-c2ccccc21. The Kier molecular flexibility index (Phi) is 6.88. The number of hydrogen-bond donors (Lipinski definition) is 2. The van der Waals surface area contributed by atoms with Crippen molar-refractivity contribution in [2.24, 2.45) is 5.92 Å². The fraction of sp³-hybridized carbons (Fsp3) is 0.423. The summed E-state index contributed by atoms with van der Waals surface area (Å²) in [5.74, 6) is -1.87. The highest BCUT2D eigenvalue weighted by Crippen LogP contribution is 2.44. The summed E-state index contributed by atoms with van der Waals surface area (Å²) in [5, 5.41) is 12.1. The molecule has 8 heteroatoms. The minimum atomic E-state index is -0.906. The van der Waals surface area contributed by atoms with Crippen LogP contribution in [-0.2, 0) is 14.3 Å². The highest BCUT2D eigenvalue weighted by atomic mass is 16.5. The normalized spacial score (nSPS) is 20.1.